The summed E-state index contributed by atoms with van der Waals surface area (Å²) in [6.45, 7) is 2.31. The Morgan fingerprint density at radius 1 is 1.12 bits per heavy atom. The Bertz CT molecular complexity index is 743. The average Bonchev–Trinajstić information content (AvgIpc) is 2.63. The van der Waals surface area contributed by atoms with E-state index >= 15 is 0 Å². The third-order valence-corrected chi connectivity index (χ3v) is 4.22. The van der Waals surface area contributed by atoms with Crippen LogP contribution in [-0.4, -0.2) is 24.9 Å². The van der Waals surface area contributed by atoms with Crippen LogP contribution in [0.25, 0.3) is 0 Å². The third kappa shape index (κ3) is 6.05. The first-order valence-corrected chi connectivity index (χ1v) is 8.96. The van der Waals surface area contributed by atoms with Crippen molar-refractivity contribution < 1.29 is 14.3 Å². The summed E-state index contributed by atoms with van der Waals surface area (Å²) in [6, 6.07) is 16.9. The highest BCUT2D eigenvalue weighted by atomic mass is 32.2. The van der Waals surface area contributed by atoms with E-state index in [9.17, 15) is 4.79 Å². The van der Waals surface area contributed by atoms with Gasteiger partial charge in [0.25, 0.3) is 5.91 Å². The molecule has 25 heavy (non-hydrogen) atoms. The highest BCUT2D eigenvalue weighted by Gasteiger charge is 2.10. The van der Waals surface area contributed by atoms with Gasteiger partial charge in [0.15, 0.2) is 18.1 Å². The fourth-order valence-electron chi connectivity index (χ4n) is 2.08. The van der Waals surface area contributed by atoms with Gasteiger partial charge in [0, 0.05) is 17.1 Å². The minimum atomic E-state index is -0.250. The zero-order chi connectivity index (χ0) is 17.9. The van der Waals surface area contributed by atoms with Crippen LogP contribution in [-0.2, 0) is 4.79 Å². The summed E-state index contributed by atoms with van der Waals surface area (Å²) in [5.41, 5.74) is 0.720. The smallest absolute Gasteiger partial charge is 0.262 e. The van der Waals surface area contributed by atoms with E-state index in [0.717, 1.165) is 10.6 Å². The Kier molecular flexibility index (Phi) is 7.67. The molecule has 0 unspecified atom stereocenters. The highest BCUT2D eigenvalue weighted by molar-refractivity contribution is 7.99. The molecular weight excluding hydrogens is 336 g/mol. The lowest BCUT2D eigenvalue weighted by atomic mass is 10.3. The maximum atomic E-state index is 12.2. The van der Waals surface area contributed by atoms with Gasteiger partial charge in [0.05, 0.1) is 18.4 Å². The van der Waals surface area contributed by atoms with Crippen molar-refractivity contribution in [2.24, 2.45) is 0 Å². The van der Waals surface area contributed by atoms with Gasteiger partial charge in [0.1, 0.15) is 0 Å². The SMILES string of the molecule is CCOc1ccccc1OCC(=O)Nc1ccccc1SCCC#N. The summed E-state index contributed by atoms with van der Waals surface area (Å²) in [4.78, 5) is 13.1. The fraction of sp³-hybridized carbons (Fsp3) is 0.263. The standard InChI is InChI=1S/C19H20N2O3S/c1-2-23-16-9-4-5-10-17(16)24-14-19(22)21-15-8-3-6-11-18(15)25-13-7-12-20/h3-6,8-11H,2,7,13-14H2,1H3,(H,21,22). The van der Waals surface area contributed by atoms with Crippen LogP contribution in [0.4, 0.5) is 5.69 Å². The van der Waals surface area contributed by atoms with Crippen molar-refractivity contribution in [3.05, 3.63) is 48.5 Å². The number of ether oxygens (including phenoxy) is 2. The van der Waals surface area contributed by atoms with Crippen molar-refractivity contribution in [3.8, 4) is 17.6 Å². The second kappa shape index (κ2) is 10.3. The van der Waals surface area contributed by atoms with Crippen LogP contribution in [0.1, 0.15) is 13.3 Å². The molecule has 0 bridgehead atoms. The molecule has 2 aromatic rings. The first-order chi connectivity index (χ1) is 12.2. The molecule has 0 atom stereocenters. The van der Waals surface area contributed by atoms with Crippen LogP contribution >= 0.6 is 11.8 Å². The maximum absolute atomic E-state index is 12.2. The van der Waals surface area contributed by atoms with Crippen molar-refractivity contribution in [3.63, 3.8) is 0 Å². The average molecular weight is 356 g/mol. The van der Waals surface area contributed by atoms with Crippen molar-refractivity contribution >= 4 is 23.4 Å². The highest BCUT2D eigenvalue weighted by Crippen LogP contribution is 2.28. The number of nitrogens with one attached hydrogen (secondary N) is 1. The Morgan fingerprint density at radius 3 is 2.52 bits per heavy atom. The number of anilines is 1. The van der Waals surface area contributed by atoms with E-state index < -0.39 is 0 Å². The molecule has 0 aliphatic heterocycles. The molecule has 0 aliphatic carbocycles. The maximum Gasteiger partial charge on any atom is 0.262 e. The van der Waals surface area contributed by atoms with Gasteiger partial charge in [-0.2, -0.15) is 5.26 Å². The van der Waals surface area contributed by atoms with Crippen molar-refractivity contribution in [1.82, 2.24) is 0 Å². The number of amides is 1. The molecule has 0 saturated carbocycles. The molecule has 0 aliphatic rings. The number of nitriles is 1. The van der Waals surface area contributed by atoms with Crippen molar-refractivity contribution in [1.29, 1.82) is 5.26 Å². The van der Waals surface area contributed by atoms with Gasteiger partial charge in [0.2, 0.25) is 0 Å². The van der Waals surface area contributed by atoms with Crippen LogP contribution in [0.5, 0.6) is 11.5 Å². The normalized spacial score (nSPS) is 9.92. The molecule has 0 aromatic heterocycles. The zero-order valence-corrected chi connectivity index (χ0v) is 14.8. The van der Waals surface area contributed by atoms with Crippen molar-refractivity contribution in [2.75, 3.05) is 24.3 Å². The molecule has 2 rings (SSSR count). The number of thioether (sulfide) groups is 1. The number of carbonyl (C=O) groups excluding carboxylic acids is 1. The largest absolute Gasteiger partial charge is 0.490 e. The number of benzene rings is 2. The number of hydrogen-bond acceptors (Lipinski definition) is 5. The summed E-state index contributed by atoms with van der Waals surface area (Å²) in [6.07, 6.45) is 0.463. The Morgan fingerprint density at radius 2 is 1.80 bits per heavy atom. The van der Waals surface area contributed by atoms with Gasteiger partial charge >= 0.3 is 0 Å². The van der Waals surface area contributed by atoms with Crippen LogP contribution in [0.2, 0.25) is 0 Å². The predicted octanol–water partition coefficient (Wildman–Crippen LogP) is 4.11. The predicted molar refractivity (Wildman–Crippen MR) is 99.1 cm³/mol. The fourth-order valence-corrected chi connectivity index (χ4v) is 2.94. The number of nitrogens with zero attached hydrogens (tertiary/aromatic N) is 1. The van der Waals surface area contributed by atoms with Crippen LogP contribution < -0.4 is 14.8 Å². The van der Waals surface area contributed by atoms with Gasteiger partial charge in [-0.3, -0.25) is 4.79 Å². The number of hydrogen-bond donors (Lipinski definition) is 1. The Hall–Kier alpha value is -2.65. The van der Waals surface area contributed by atoms with Crippen LogP contribution in [0.3, 0.4) is 0 Å². The molecule has 6 heteroatoms. The lowest BCUT2D eigenvalue weighted by Gasteiger charge is -2.13. The quantitative estimate of drug-likeness (QED) is 0.541. The first-order valence-electron chi connectivity index (χ1n) is 7.98. The monoisotopic (exact) mass is 356 g/mol. The summed E-state index contributed by atoms with van der Waals surface area (Å²) >= 11 is 1.54. The molecule has 130 valence electrons. The summed E-state index contributed by atoms with van der Waals surface area (Å²) < 4.78 is 11.1. The molecule has 0 spiro atoms. The topological polar surface area (TPSA) is 71.3 Å². The van der Waals surface area contributed by atoms with Gasteiger partial charge in [-0.05, 0) is 31.2 Å². The van der Waals surface area contributed by atoms with Gasteiger partial charge in [-0.1, -0.05) is 24.3 Å². The van der Waals surface area contributed by atoms with Crippen LogP contribution in [0.15, 0.2) is 53.4 Å². The zero-order valence-electron chi connectivity index (χ0n) is 14.0. The van der Waals surface area contributed by atoms with E-state index in [1.165, 1.54) is 11.8 Å². The summed E-state index contributed by atoms with van der Waals surface area (Å²) in [5.74, 6) is 1.59. The molecule has 5 nitrogen and oxygen atoms in total. The summed E-state index contributed by atoms with van der Waals surface area (Å²) in [7, 11) is 0. The lowest BCUT2D eigenvalue weighted by molar-refractivity contribution is -0.118. The van der Waals surface area contributed by atoms with E-state index in [0.29, 0.717) is 30.3 Å². The molecule has 0 radical (unpaired) electrons. The second-order valence-electron chi connectivity index (χ2n) is 4.97. The van der Waals surface area contributed by atoms with E-state index in [1.54, 1.807) is 12.1 Å². The Labute approximate surface area is 151 Å². The first kappa shape index (κ1) is 18.7. The van der Waals surface area contributed by atoms with E-state index in [1.807, 2.05) is 43.3 Å². The Balaban J connectivity index is 1.94. The second-order valence-corrected chi connectivity index (χ2v) is 6.11. The van der Waals surface area contributed by atoms with E-state index in [-0.39, 0.29) is 12.5 Å². The molecule has 0 fully saturated rings. The number of carbonyl (C=O) groups is 1. The third-order valence-electron chi connectivity index (χ3n) is 3.14. The van der Waals surface area contributed by atoms with Gasteiger partial charge in [-0.15, -0.1) is 11.8 Å². The number of para-hydroxylation sites is 3. The minimum absolute atomic E-state index is 0.110. The molecule has 1 amide bonds. The molecule has 0 saturated heterocycles. The molecule has 0 heterocycles. The van der Waals surface area contributed by atoms with Gasteiger partial charge < -0.3 is 14.8 Å². The molecular formula is C19H20N2O3S. The molecule has 2 aromatic carbocycles. The van der Waals surface area contributed by atoms with E-state index in [4.69, 9.17) is 14.7 Å². The van der Waals surface area contributed by atoms with Gasteiger partial charge in [-0.25, -0.2) is 0 Å². The lowest BCUT2D eigenvalue weighted by Crippen LogP contribution is -2.20. The summed E-state index contributed by atoms with van der Waals surface area (Å²) in [5, 5.41) is 11.5. The minimum Gasteiger partial charge on any atom is -0.490 e. The van der Waals surface area contributed by atoms with E-state index in [2.05, 4.69) is 11.4 Å². The van der Waals surface area contributed by atoms with Crippen LogP contribution in [0, 0.1) is 11.3 Å². The van der Waals surface area contributed by atoms with Crippen molar-refractivity contribution in [2.45, 2.75) is 18.2 Å². The number of rotatable bonds is 9. The molecule has 1 N–H and O–H groups in total.